The predicted molar refractivity (Wildman–Crippen MR) is 85.9 cm³/mol. The third kappa shape index (κ3) is 5.27. The molecule has 0 aliphatic heterocycles. The number of hydrogen-bond donors (Lipinski definition) is 3. The van der Waals surface area contributed by atoms with Crippen LogP contribution in [0.3, 0.4) is 0 Å². The zero-order valence-corrected chi connectivity index (χ0v) is 13.5. The van der Waals surface area contributed by atoms with Crippen LogP contribution < -0.4 is 21.3 Å². The molecule has 0 saturated carbocycles. The Morgan fingerprint density at radius 2 is 2.00 bits per heavy atom. The van der Waals surface area contributed by atoms with Gasteiger partial charge in [0.05, 0.1) is 0 Å². The van der Waals surface area contributed by atoms with Gasteiger partial charge in [-0.05, 0) is 32.9 Å². The smallest absolute Gasteiger partial charge is 0.426 e. The van der Waals surface area contributed by atoms with Gasteiger partial charge in [-0.2, -0.15) is 0 Å². The van der Waals surface area contributed by atoms with E-state index >= 15 is 0 Å². The van der Waals surface area contributed by atoms with Crippen molar-refractivity contribution >= 4 is 17.6 Å². The molecule has 4 N–H and O–H groups in total. The van der Waals surface area contributed by atoms with Crippen molar-refractivity contribution in [2.45, 2.75) is 26.4 Å². The van der Waals surface area contributed by atoms with Gasteiger partial charge in [0.1, 0.15) is 11.9 Å². The molecule has 0 aliphatic carbocycles. The van der Waals surface area contributed by atoms with E-state index in [9.17, 15) is 9.18 Å². The molecular weight excluding hydrogens is 317 g/mol. The molecule has 0 bridgehead atoms. The summed E-state index contributed by atoms with van der Waals surface area (Å²) in [6, 6.07) is 5.41. The molecule has 1 heterocycles. The van der Waals surface area contributed by atoms with Gasteiger partial charge in [0.25, 0.3) is 0 Å². The van der Waals surface area contributed by atoms with E-state index in [0.717, 1.165) is 6.07 Å². The average molecular weight is 335 g/mol. The highest BCUT2D eigenvalue weighted by atomic mass is 19.1. The van der Waals surface area contributed by atoms with Gasteiger partial charge < -0.3 is 15.2 Å². The topological polar surface area (TPSA) is 111 Å². The van der Waals surface area contributed by atoms with Crippen LogP contribution in [0.2, 0.25) is 0 Å². The Hall–Kier alpha value is -3.10. The minimum Gasteiger partial charge on any atom is -0.443 e. The maximum Gasteiger partial charge on any atom is 0.426 e. The number of nitrogens with zero attached hydrogens (tertiary/aromatic N) is 2. The van der Waals surface area contributed by atoms with Gasteiger partial charge in [-0.1, -0.05) is 0 Å². The zero-order chi connectivity index (χ0) is 17.7. The summed E-state index contributed by atoms with van der Waals surface area (Å²) >= 11 is 0. The van der Waals surface area contributed by atoms with Crippen LogP contribution >= 0.6 is 0 Å². The fourth-order valence-corrected chi connectivity index (χ4v) is 1.59. The quantitative estimate of drug-likeness (QED) is 0.582. The first-order valence-electron chi connectivity index (χ1n) is 7.03. The third-order valence-electron chi connectivity index (χ3n) is 2.50. The van der Waals surface area contributed by atoms with E-state index in [1.54, 1.807) is 20.8 Å². The van der Waals surface area contributed by atoms with Gasteiger partial charge in [-0.25, -0.2) is 24.6 Å². The molecule has 8 nitrogen and oxygen atoms in total. The van der Waals surface area contributed by atoms with Crippen molar-refractivity contribution in [3.05, 3.63) is 36.4 Å². The van der Waals surface area contributed by atoms with Crippen molar-refractivity contribution in [1.82, 2.24) is 15.4 Å². The Morgan fingerprint density at radius 3 is 2.67 bits per heavy atom. The fraction of sp³-hybridized carbons (Fsp3) is 0.267. The van der Waals surface area contributed by atoms with Gasteiger partial charge in [0.15, 0.2) is 17.4 Å². The lowest BCUT2D eigenvalue weighted by Gasteiger charge is -2.19. The molecular formula is C15H18FN5O3. The summed E-state index contributed by atoms with van der Waals surface area (Å²) in [4.78, 5) is 19.3. The van der Waals surface area contributed by atoms with Crippen LogP contribution in [0.5, 0.6) is 11.6 Å². The van der Waals surface area contributed by atoms with E-state index in [1.807, 2.05) is 0 Å². The number of rotatable bonds is 4. The summed E-state index contributed by atoms with van der Waals surface area (Å²) in [5, 5.41) is 0. The van der Waals surface area contributed by atoms with Crippen molar-refractivity contribution in [3.63, 3.8) is 0 Å². The van der Waals surface area contributed by atoms with Gasteiger partial charge in [0, 0.05) is 17.8 Å². The number of aromatic nitrogens is 2. The normalized spacial score (nSPS) is 10.8. The second kappa shape index (κ2) is 6.99. The van der Waals surface area contributed by atoms with E-state index < -0.39 is 17.5 Å². The predicted octanol–water partition coefficient (Wildman–Crippen LogP) is 2.84. The van der Waals surface area contributed by atoms with E-state index in [2.05, 4.69) is 20.8 Å². The minimum atomic E-state index is -0.673. The molecule has 0 radical (unpaired) electrons. The highest BCUT2D eigenvalue weighted by molar-refractivity contribution is 5.69. The summed E-state index contributed by atoms with van der Waals surface area (Å²) < 4.78 is 24.1. The molecule has 2 rings (SSSR count). The molecule has 128 valence electrons. The van der Waals surface area contributed by atoms with Crippen molar-refractivity contribution in [2.75, 3.05) is 11.2 Å². The molecule has 2 aromatic rings. The molecule has 1 amide bonds. The number of benzene rings is 1. The Kier molecular flexibility index (Phi) is 5.02. The van der Waals surface area contributed by atoms with Crippen LogP contribution in [0.1, 0.15) is 20.8 Å². The molecule has 0 spiro atoms. The number of amides is 1. The van der Waals surface area contributed by atoms with Crippen molar-refractivity contribution in [1.29, 1.82) is 0 Å². The standard InChI is InChI=1S/C15H18FN5O3/c1-15(2,3)24-14(22)21-20-12-7-13(19-8-18-12)23-11-5-4-9(17)6-10(11)16/h4-8H,17H2,1-3H3,(H,21,22)(H,18,19,20). The number of carbonyl (C=O) groups excluding carboxylic acids is 1. The molecule has 1 aromatic carbocycles. The van der Waals surface area contributed by atoms with E-state index in [0.29, 0.717) is 0 Å². The third-order valence-corrected chi connectivity index (χ3v) is 2.50. The lowest BCUT2D eigenvalue weighted by molar-refractivity contribution is 0.0541. The van der Waals surface area contributed by atoms with Crippen molar-refractivity contribution < 1.29 is 18.7 Å². The van der Waals surface area contributed by atoms with Gasteiger partial charge in [0.2, 0.25) is 5.88 Å². The Balaban J connectivity index is 2.00. The SMILES string of the molecule is CC(C)(C)OC(=O)NNc1cc(Oc2ccc(N)cc2F)ncn1. The van der Waals surface area contributed by atoms with Crippen molar-refractivity contribution in [2.24, 2.45) is 0 Å². The van der Waals surface area contributed by atoms with Crippen molar-refractivity contribution in [3.8, 4) is 11.6 Å². The lowest BCUT2D eigenvalue weighted by Crippen LogP contribution is -2.36. The number of nitrogens with one attached hydrogen (secondary N) is 2. The maximum absolute atomic E-state index is 13.7. The van der Waals surface area contributed by atoms with Crippen LogP contribution in [0.25, 0.3) is 0 Å². The minimum absolute atomic E-state index is 0.0334. The second-order valence-electron chi connectivity index (χ2n) is 5.79. The molecule has 0 fully saturated rings. The van der Waals surface area contributed by atoms with Gasteiger partial charge in [-0.3, -0.25) is 5.43 Å². The van der Waals surface area contributed by atoms with Crippen LogP contribution in [0.4, 0.5) is 20.7 Å². The number of hydrazine groups is 1. The number of ether oxygens (including phenoxy) is 2. The molecule has 0 unspecified atom stereocenters. The maximum atomic E-state index is 13.7. The Morgan fingerprint density at radius 1 is 1.25 bits per heavy atom. The number of hydrogen-bond acceptors (Lipinski definition) is 7. The van der Waals surface area contributed by atoms with Gasteiger partial charge in [-0.15, -0.1) is 0 Å². The van der Waals surface area contributed by atoms with E-state index in [-0.39, 0.29) is 23.1 Å². The molecule has 9 heteroatoms. The molecule has 24 heavy (non-hydrogen) atoms. The summed E-state index contributed by atoms with van der Waals surface area (Å²) in [5.74, 6) is -0.326. The second-order valence-corrected chi connectivity index (χ2v) is 5.79. The monoisotopic (exact) mass is 335 g/mol. The number of carbonyl (C=O) groups is 1. The zero-order valence-electron chi connectivity index (χ0n) is 13.5. The highest BCUT2D eigenvalue weighted by Gasteiger charge is 2.16. The Labute approximate surface area is 138 Å². The van der Waals surface area contributed by atoms with Crippen LogP contribution in [-0.4, -0.2) is 21.7 Å². The number of anilines is 2. The molecule has 0 saturated heterocycles. The lowest BCUT2D eigenvalue weighted by atomic mass is 10.2. The molecule has 0 atom stereocenters. The van der Waals surface area contributed by atoms with Crippen LogP contribution in [0.15, 0.2) is 30.6 Å². The largest absolute Gasteiger partial charge is 0.443 e. The molecule has 1 aromatic heterocycles. The average Bonchev–Trinajstić information content (AvgIpc) is 2.47. The number of halogens is 1. The summed E-state index contributed by atoms with van der Waals surface area (Å²) in [6.07, 6.45) is 0.525. The van der Waals surface area contributed by atoms with Crippen LogP contribution in [0, 0.1) is 5.82 Å². The van der Waals surface area contributed by atoms with E-state index in [1.165, 1.54) is 24.5 Å². The van der Waals surface area contributed by atoms with E-state index in [4.69, 9.17) is 15.2 Å². The van der Waals surface area contributed by atoms with Gasteiger partial charge >= 0.3 is 6.09 Å². The summed E-state index contributed by atoms with van der Waals surface area (Å²) in [7, 11) is 0. The van der Waals surface area contributed by atoms with Crippen LogP contribution in [-0.2, 0) is 4.74 Å². The summed E-state index contributed by atoms with van der Waals surface area (Å²) in [5.41, 5.74) is 10.00. The number of nitrogens with two attached hydrogens (primary N) is 1. The number of nitrogen functional groups attached to an aromatic ring is 1. The Bertz CT molecular complexity index is 733. The first kappa shape index (κ1) is 17.3. The molecule has 0 aliphatic rings. The first-order valence-corrected chi connectivity index (χ1v) is 7.03. The highest BCUT2D eigenvalue weighted by Crippen LogP contribution is 2.25. The fourth-order valence-electron chi connectivity index (χ4n) is 1.59. The summed E-state index contributed by atoms with van der Waals surface area (Å²) in [6.45, 7) is 5.22. The first-order chi connectivity index (χ1) is 11.2.